The van der Waals surface area contributed by atoms with Crippen molar-refractivity contribution in [3.63, 3.8) is 0 Å². The molecule has 1 fully saturated rings. The number of nitrogens with zero attached hydrogens (tertiary/aromatic N) is 5. The Morgan fingerprint density at radius 1 is 0.764 bits per heavy atom. The van der Waals surface area contributed by atoms with Crippen LogP contribution in [0.4, 0.5) is 28.7 Å². The molecule has 3 aliphatic heterocycles. The lowest BCUT2D eigenvalue weighted by molar-refractivity contribution is 0.0939. The Kier molecular flexibility index (Phi) is 8.95. The highest BCUT2D eigenvalue weighted by atomic mass is 32.1. The minimum Gasteiger partial charge on any atom is -0.489 e. The van der Waals surface area contributed by atoms with E-state index in [9.17, 15) is 9.59 Å². The largest absolute Gasteiger partial charge is 0.489 e. The van der Waals surface area contributed by atoms with Crippen LogP contribution in [0.3, 0.4) is 0 Å². The highest BCUT2D eigenvalue weighted by molar-refractivity contribution is 7.22. The fraction of sp³-hybridized carbons (Fsp3) is 0.282. The summed E-state index contributed by atoms with van der Waals surface area (Å²) in [4.78, 5) is 40.4. The highest BCUT2D eigenvalue weighted by Gasteiger charge is 2.30. The number of carbonyl (C=O) groups excluding carboxylic acids is 2. The monoisotopic (exact) mass is 777 g/mol. The third-order valence-electron chi connectivity index (χ3n) is 9.98. The van der Waals surface area contributed by atoms with Crippen molar-refractivity contribution >= 4 is 83.4 Å². The van der Waals surface area contributed by atoms with Crippen molar-refractivity contribution in [1.29, 1.82) is 0 Å². The van der Waals surface area contributed by atoms with Gasteiger partial charge in [0.2, 0.25) is 0 Å². The van der Waals surface area contributed by atoms with Crippen LogP contribution in [-0.2, 0) is 4.74 Å². The third-order valence-corrected chi connectivity index (χ3v) is 12.4. The van der Waals surface area contributed by atoms with E-state index < -0.39 is 0 Å². The molecule has 4 aromatic heterocycles. The van der Waals surface area contributed by atoms with E-state index in [4.69, 9.17) is 30.7 Å². The number of amides is 2. The molecule has 0 saturated carbocycles. The number of nitrogens with two attached hydrogens (primary N) is 2. The molecule has 14 nitrogen and oxygen atoms in total. The molecule has 6 N–H and O–H groups in total. The summed E-state index contributed by atoms with van der Waals surface area (Å²) in [7, 11) is 0. The molecule has 3 aliphatic rings. The first kappa shape index (κ1) is 34.9. The molecule has 0 aliphatic carbocycles. The summed E-state index contributed by atoms with van der Waals surface area (Å²) in [5.41, 5.74) is 23.8. The number of hydrogen-bond donors (Lipinski definition) is 4. The summed E-state index contributed by atoms with van der Waals surface area (Å²) < 4.78 is 19.2. The molecule has 1 saturated heterocycles. The Morgan fingerprint density at radius 2 is 1.44 bits per heavy atom. The van der Waals surface area contributed by atoms with Gasteiger partial charge in [0.25, 0.3) is 11.8 Å². The number of para-hydroxylation sites is 2. The molecule has 55 heavy (non-hydrogen) atoms. The molecule has 7 heterocycles. The topological polar surface area (TPSA) is 173 Å². The summed E-state index contributed by atoms with van der Waals surface area (Å²) in [5, 5.41) is 5.44. The van der Waals surface area contributed by atoms with Crippen LogP contribution in [0.1, 0.15) is 44.7 Å². The second kappa shape index (κ2) is 14.1. The van der Waals surface area contributed by atoms with Gasteiger partial charge in [-0.05, 0) is 47.9 Å². The van der Waals surface area contributed by atoms with Gasteiger partial charge in [0.05, 0.1) is 63.3 Å². The lowest BCUT2D eigenvalue weighted by Crippen LogP contribution is -2.47. The second-order valence-corrected chi connectivity index (χ2v) is 15.8. The first-order valence-electron chi connectivity index (χ1n) is 18.1. The van der Waals surface area contributed by atoms with Gasteiger partial charge in [-0.1, -0.05) is 32.0 Å². The predicted molar refractivity (Wildman–Crippen MR) is 218 cm³/mol. The fourth-order valence-electron chi connectivity index (χ4n) is 7.44. The fourth-order valence-corrected chi connectivity index (χ4v) is 9.78. The van der Waals surface area contributed by atoms with Crippen molar-refractivity contribution in [2.75, 3.05) is 79.0 Å². The van der Waals surface area contributed by atoms with Gasteiger partial charge in [0.15, 0.2) is 0 Å². The summed E-state index contributed by atoms with van der Waals surface area (Å²) in [5.74, 6) is 1.72. The number of nitrogens with one attached hydrogen (secondary N) is 2. The highest BCUT2D eigenvalue weighted by Crippen LogP contribution is 2.44. The summed E-state index contributed by atoms with van der Waals surface area (Å²) in [6.45, 7) is 8.27. The summed E-state index contributed by atoms with van der Waals surface area (Å²) in [6, 6.07) is 17.3. The lowest BCUT2D eigenvalue weighted by Gasteiger charge is -2.32. The van der Waals surface area contributed by atoms with Gasteiger partial charge in [0, 0.05) is 35.6 Å². The van der Waals surface area contributed by atoms with Crippen molar-refractivity contribution in [2.45, 2.75) is 19.8 Å². The zero-order valence-electron chi connectivity index (χ0n) is 30.3. The van der Waals surface area contributed by atoms with Crippen molar-refractivity contribution in [2.24, 2.45) is 0 Å². The van der Waals surface area contributed by atoms with Crippen LogP contribution in [0.15, 0.2) is 60.8 Å². The average Bonchev–Trinajstić information content (AvgIpc) is 3.80. The summed E-state index contributed by atoms with van der Waals surface area (Å²) in [6.07, 6.45) is 1.68. The predicted octanol–water partition coefficient (Wildman–Crippen LogP) is 5.79. The number of hydrogen-bond acceptors (Lipinski definition) is 14. The van der Waals surface area contributed by atoms with Crippen LogP contribution in [0, 0.1) is 0 Å². The van der Waals surface area contributed by atoms with Gasteiger partial charge in [-0.2, -0.15) is 0 Å². The van der Waals surface area contributed by atoms with Gasteiger partial charge in [0.1, 0.15) is 41.2 Å². The number of pyridine rings is 2. The maximum absolute atomic E-state index is 14.1. The van der Waals surface area contributed by atoms with E-state index in [1.54, 1.807) is 6.20 Å². The molecule has 16 heteroatoms. The number of carbonyl (C=O) groups is 2. The number of rotatable bonds is 7. The maximum atomic E-state index is 14.1. The standard InChI is InChI=1S/C39H39N9O5S2/c1-21(2)30-23-9-10-42-36(40)32(23)54-34(30)38(49)44-48-14-18-53-29-19-22(7-8-27(29)48)25-20-24-31(46-11-15-51-16-12-46)35(55-33(24)37(41)43-25)39(50)45-47-13-17-52-28-6-4-3-5-26(28)47/h3-10,19-21H,11-18H2,1-2H3,(H2,40,42)(H2,41,43)(H,44,49)(H,45,50). The Hall–Kier alpha value is -5.84. The molecular weight excluding hydrogens is 739 g/mol. The molecule has 9 rings (SSSR count). The molecule has 0 unspecified atom stereocenters. The van der Waals surface area contributed by atoms with E-state index in [2.05, 4.69) is 34.6 Å². The number of aromatic nitrogens is 2. The third kappa shape index (κ3) is 6.25. The number of benzene rings is 2. The number of ether oxygens (including phenoxy) is 3. The van der Waals surface area contributed by atoms with Crippen LogP contribution in [0.2, 0.25) is 0 Å². The first-order chi connectivity index (χ1) is 26.7. The minimum atomic E-state index is -0.235. The quantitative estimate of drug-likeness (QED) is 0.154. The van der Waals surface area contributed by atoms with E-state index in [-0.39, 0.29) is 17.7 Å². The Morgan fingerprint density at radius 3 is 2.20 bits per heavy atom. The van der Waals surface area contributed by atoms with Crippen LogP contribution in [0.25, 0.3) is 31.4 Å². The Balaban J connectivity index is 1.04. The van der Waals surface area contributed by atoms with E-state index >= 15 is 0 Å². The number of fused-ring (bicyclic) bond motifs is 4. The Labute approximate surface area is 324 Å². The summed E-state index contributed by atoms with van der Waals surface area (Å²) >= 11 is 2.70. The SMILES string of the molecule is CC(C)c1c(C(=O)NN2CCOc3cc(-c4cc5c(N6CCOCC6)c(C(=O)NN6CCOc7ccccc76)sc5c(N)n4)ccc32)sc2c(N)nccc12. The number of thiophene rings is 2. The van der Waals surface area contributed by atoms with Crippen LogP contribution < -0.4 is 46.7 Å². The number of hydrazine groups is 2. The van der Waals surface area contributed by atoms with E-state index in [0.29, 0.717) is 85.4 Å². The normalized spacial score (nSPS) is 15.4. The van der Waals surface area contributed by atoms with Crippen LogP contribution in [-0.4, -0.2) is 74.4 Å². The molecule has 2 aromatic carbocycles. The van der Waals surface area contributed by atoms with E-state index in [1.165, 1.54) is 22.7 Å². The van der Waals surface area contributed by atoms with Crippen LogP contribution >= 0.6 is 22.7 Å². The lowest BCUT2D eigenvalue weighted by atomic mass is 10.00. The molecule has 282 valence electrons. The number of morpholine rings is 1. The van der Waals surface area contributed by atoms with Crippen LogP contribution in [0.5, 0.6) is 11.5 Å². The molecule has 2 amide bonds. The first-order valence-corrected chi connectivity index (χ1v) is 19.8. The van der Waals surface area contributed by atoms with Crippen molar-refractivity contribution < 1.29 is 23.8 Å². The van der Waals surface area contributed by atoms with Gasteiger partial charge in [-0.3, -0.25) is 30.5 Å². The molecular formula is C39H39N9O5S2. The van der Waals surface area contributed by atoms with Crippen molar-refractivity contribution in [3.05, 3.63) is 76.1 Å². The molecule has 0 spiro atoms. The molecule has 0 atom stereocenters. The number of anilines is 5. The van der Waals surface area contributed by atoms with Gasteiger partial charge >= 0.3 is 0 Å². The van der Waals surface area contributed by atoms with E-state index in [0.717, 1.165) is 54.1 Å². The Bertz CT molecular complexity index is 2480. The average molecular weight is 778 g/mol. The van der Waals surface area contributed by atoms with Crippen molar-refractivity contribution in [3.8, 4) is 22.8 Å². The zero-order chi connectivity index (χ0) is 37.8. The second-order valence-electron chi connectivity index (χ2n) is 13.8. The van der Waals surface area contributed by atoms with Gasteiger partial charge in [-0.25, -0.2) is 9.97 Å². The number of nitrogen functional groups attached to an aromatic ring is 2. The van der Waals surface area contributed by atoms with E-state index in [1.807, 2.05) is 64.6 Å². The van der Waals surface area contributed by atoms with Gasteiger partial charge < -0.3 is 30.6 Å². The van der Waals surface area contributed by atoms with Gasteiger partial charge in [-0.15, -0.1) is 22.7 Å². The van der Waals surface area contributed by atoms with Crippen molar-refractivity contribution in [1.82, 2.24) is 20.8 Å². The maximum Gasteiger partial charge on any atom is 0.282 e. The zero-order valence-corrected chi connectivity index (χ0v) is 31.9. The molecule has 0 radical (unpaired) electrons. The molecule has 0 bridgehead atoms. The molecule has 6 aromatic rings. The smallest absolute Gasteiger partial charge is 0.282 e. The minimum absolute atomic E-state index is 0.104.